The van der Waals surface area contributed by atoms with E-state index in [-0.39, 0.29) is 11.7 Å². The molecule has 13 heavy (non-hydrogen) atoms. The first-order chi connectivity index (χ1) is 5.77. The van der Waals surface area contributed by atoms with Crippen molar-refractivity contribution in [1.29, 1.82) is 0 Å². The highest BCUT2D eigenvalue weighted by Gasteiger charge is 2.47. The van der Waals surface area contributed by atoms with E-state index in [2.05, 4.69) is 0 Å². The molecule has 0 aromatic rings. The van der Waals surface area contributed by atoms with Gasteiger partial charge < -0.3 is 5.21 Å². The van der Waals surface area contributed by atoms with Gasteiger partial charge in [0.15, 0.2) is 9.84 Å². The number of hydroxylamine groups is 2. The summed E-state index contributed by atoms with van der Waals surface area (Å²) < 4.78 is 22.5. The lowest BCUT2D eigenvalue weighted by Gasteiger charge is -2.27. The van der Waals surface area contributed by atoms with Crippen LogP contribution in [0, 0.1) is 5.92 Å². The molecule has 0 aliphatic carbocycles. The van der Waals surface area contributed by atoms with Crippen molar-refractivity contribution in [2.45, 2.75) is 25.0 Å². The zero-order chi connectivity index (χ0) is 10.3. The van der Waals surface area contributed by atoms with E-state index < -0.39 is 14.6 Å². The lowest BCUT2D eigenvalue weighted by Crippen LogP contribution is -2.38. The van der Waals surface area contributed by atoms with E-state index >= 15 is 0 Å². The fourth-order valence-corrected chi connectivity index (χ4v) is 3.61. The van der Waals surface area contributed by atoms with Gasteiger partial charge in [-0.25, -0.2) is 8.42 Å². The first-order valence-electron chi connectivity index (χ1n) is 4.39. The molecule has 0 spiro atoms. The molecule has 78 valence electrons. The minimum Gasteiger partial charge on any atom is -0.314 e. The standard InChI is InChI=1S/C8H17NO3S/c1-8(2)7(6-9(3)10)4-5-13(8,11)12/h7,10H,4-6H2,1-3H3. The van der Waals surface area contributed by atoms with E-state index in [4.69, 9.17) is 5.21 Å². The quantitative estimate of drug-likeness (QED) is 0.671. The van der Waals surface area contributed by atoms with Crippen LogP contribution in [-0.4, -0.2) is 42.8 Å². The Labute approximate surface area is 79.4 Å². The third-order valence-corrected chi connectivity index (χ3v) is 5.71. The maximum atomic E-state index is 11.6. The highest BCUT2D eigenvalue weighted by Crippen LogP contribution is 2.37. The van der Waals surface area contributed by atoms with E-state index in [9.17, 15) is 8.42 Å². The van der Waals surface area contributed by atoms with Crippen LogP contribution in [0.3, 0.4) is 0 Å². The van der Waals surface area contributed by atoms with Crippen LogP contribution >= 0.6 is 0 Å². The second kappa shape index (κ2) is 3.22. The summed E-state index contributed by atoms with van der Waals surface area (Å²) in [6.45, 7) is 3.90. The van der Waals surface area contributed by atoms with Crippen molar-refractivity contribution < 1.29 is 13.6 Å². The van der Waals surface area contributed by atoms with Gasteiger partial charge in [0.25, 0.3) is 0 Å². The fourth-order valence-electron chi connectivity index (χ4n) is 1.79. The third kappa shape index (κ3) is 1.87. The minimum absolute atomic E-state index is 0.0347. The molecule has 0 aromatic carbocycles. The van der Waals surface area contributed by atoms with Gasteiger partial charge in [-0.15, -0.1) is 0 Å². The van der Waals surface area contributed by atoms with Crippen LogP contribution in [0.1, 0.15) is 20.3 Å². The molecule has 1 rings (SSSR count). The van der Waals surface area contributed by atoms with Crippen molar-refractivity contribution >= 4 is 9.84 Å². The maximum Gasteiger partial charge on any atom is 0.155 e. The van der Waals surface area contributed by atoms with Crippen LogP contribution in [0.4, 0.5) is 0 Å². The van der Waals surface area contributed by atoms with E-state index in [1.807, 2.05) is 0 Å². The van der Waals surface area contributed by atoms with E-state index in [0.29, 0.717) is 13.0 Å². The van der Waals surface area contributed by atoms with Crippen LogP contribution in [-0.2, 0) is 9.84 Å². The third-order valence-electron chi connectivity index (χ3n) is 3.00. The maximum absolute atomic E-state index is 11.6. The van der Waals surface area contributed by atoms with Gasteiger partial charge in [-0.2, -0.15) is 5.06 Å². The largest absolute Gasteiger partial charge is 0.314 e. The Morgan fingerprint density at radius 2 is 2.08 bits per heavy atom. The van der Waals surface area contributed by atoms with Gasteiger partial charge in [0.05, 0.1) is 10.5 Å². The molecule has 1 atom stereocenters. The highest BCUT2D eigenvalue weighted by molar-refractivity contribution is 7.93. The van der Waals surface area contributed by atoms with Crippen molar-refractivity contribution in [3.63, 3.8) is 0 Å². The van der Waals surface area contributed by atoms with Crippen LogP contribution < -0.4 is 0 Å². The van der Waals surface area contributed by atoms with Crippen molar-refractivity contribution in [3.8, 4) is 0 Å². The molecule has 1 aliphatic rings. The molecule has 0 amide bonds. The van der Waals surface area contributed by atoms with Gasteiger partial charge in [-0.1, -0.05) is 0 Å². The summed E-state index contributed by atoms with van der Waals surface area (Å²) in [6, 6.07) is 0. The summed E-state index contributed by atoms with van der Waals surface area (Å²) in [4.78, 5) is 0. The fraction of sp³-hybridized carbons (Fsp3) is 1.00. The van der Waals surface area contributed by atoms with E-state index in [1.54, 1.807) is 20.9 Å². The Hall–Kier alpha value is -0.130. The molecule has 1 N–H and O–H groups in total. The van der Waals surface area contributed by atoms with Gasteiger partial charge in [0, 0.05) is 13.6 Å². The SMILES string of the molecule is CN(O)CC1CCS(=O)(=O)C1(C)C. The lowest BCUT2D eigenvalue weighted by atomic mass is 9.93. The second-order valence-corrected chi connectivity index (χ2v) is 6.94. The molecule has 1 aliphatic heterocycles. The molecule has 1 fully saturated rings. The molecule has 4 nitrogen and oxygen atoms in total. The normalized spacial score (nSPS) is 31.0. The van der Waals surface area contributed by atoms with Crippen LogP contribution in [0.5, 0.6) is 0 Å². The molecule has 0 saturated carbocycles. The Balaban J connectivity index is 2.83. The predicted molar refractivity (Wildman–Crippen MR) is 50.4 cm³/mol. The highest BCUT2D eigenvalue weighted by atomic mass is 32.2. The first-order valence-corrected chi connectivity index (χ1v) is 6.05. The molecule has 1 unspecified atom stereocenters. The summed E-state index contributed by atoms with van der Waals surface area (Å²) in [5.74, 6) is 0.283. The Morgan fingerprint density at radius 1 is 1.54 bits per heavy atom. The van der Waals surface area contributed by atoms with Crippen LogP contribution in [0.25, 0.3) is 0 Å². The van der Waals surface area contributed by atoms with Gasteiger partial charge in [0.2, 0.25) is 0 Å². The topological polar surface area (TPSA) is 57.6 Å². The van der Waals surface area contributed by atoms with Gasteiger partial charge in [-0.3, -0.25) is 0 Å². The average molecular weight is 207 g/mol. The van der Waals surface area contributed by atoms with Gasteiger partial charge in [0.1, 0.15) is 0 Å². The van der Waals surface area contributed by atoms with Crippen molar-refractivity contribution in [2.24, 2.45) is 5.92 Å². The minimum atomic E-state index is -2.96. The number of hydrogen-bond acceptors (Lipinski definition) is 4. The van der Waals surface area contributed by atoms with E-state index in [0.717, 1.165) is 5.06 Å². The predicted octanol–water partition coefficient (Wildman–Crippen LogP) is 0.521. The summed E-state index contributed by atoms with van der Waals surface area (Å²) in [6.07, 6.45) is 0.653. The molecular weight excluding hydrogens is 190 g/mol. The average Bonchev–Trinajstić information content (AvgIpc) is 2.11. The van der Waals surface area contributed by atoms with Crippen LogP contribution in [0.15, 0.2) is 0 Å². The van der Waals surface area contributed by atoms with Crippen LogP contribution in [0.2, 0.25) is 0 Å². The molecule has 0 aromatic heterocycles. The number of sulfone groups is 1. The Bertz CT molecular complexity index is 282. The second-order valence-electron chi connectivity index (χ2n) is 4.25. The van der Waals surface area contributed by atoms with Crippen molar-refractivity contribution in [2.75, 3.05) is 19.3 Å². The monoisotopic (exact) mass is 207 g/mol. The number of nitrogens with zero attached hydrogens (tertiary/aromatic N) is 1. The summed E-state index contributed by atoms with van der Waals surface area (Å²) >= 11 is 0. The molecule has 0 bridgehead atoms. The smallest absolute Gasteiger partial charge is 0.155 e. The lowest BCUT2D eigenvalue weighted by molar-refractivity contribution is -0.0782. The number of hydrogen-bond donors (Lipinski definition) is 1. The Morgan fingerprint density at radius 3 is 2.38 bits per heavy atom. The molecule has 1 saturated heterocycles. The van der Waals surface area contributed by atoms with Gasteiger partial charge in [-0.05, 0) is 26.2 Å². The first kappa shape index (κ1) is 10.9. The summed E-state index contributed by atoms with van der Waals surface area (Å²) in [5, 5.41) is 10.1. The molecule has 1 heterocycles. The van der Waals surface area contributed by atoms with E-state index in [1.165, 1.54) is 0 Å². The molecule has 0 radical (unpaired) electrons. The van der Waals surface area contributed by atoms with Crippen molar-refractivity contribution in [1.82, 2.24) is 5.06 Å². The van der Waals surface area contributed by atoms with Gasteiger partial charge >= 0.3 is 0 Å². The zero-order valence-electron chi connectivity index (χ0n) is 8.32. The Kier molecular flexibility index (Phi) is 2.71. The number of rotatable bonds is 2. The summed E-state index contributed by atoms with van der Waals surface area (Å²) in [7, 11) is -1.41. The molecule has 5 heteroatoms. The van der Waals surface area contributed by atoms with Crippen molar-refractivity contribution in [3.05, 3.63) is 0 Å². The molecular formula is C8H17NO3S. The zero-order valence-corrected chi connectivity index (χ0v) is 9.13. The summed E-state index contributed by atoms with van der Waals surface area (Å²) in [5.41, 5.74) is 0.